The zero-order valence-corrected chi connectivity index (χ0v) is 10.6. The fourth-order valence-electron chi connectivity index (χ4n) is 1.91. The van der Waals surface area contributed by atoms with Crippen LogP contribution < -0.4 is 4.74 Å². The molecule has 0 radical (unpaired) electrons. The molecule has 0 saturated carbocycles. The third kappa shape index (κ3) is 2.63. The van der Waals surface area contributed by atoms with E-state index >= 15 is 0 Å². The van der Waals surface area contributed by atoms with Crippen LogP contribution in [0.15, 0.2) is 29.5 Å². The quantitative estimate of drug-likeness (QED) is 0.784. The first-order valence-electron chi connectivity index (χ1n) is 6.03. The molecule has 1 aliphatic heterocycles. The molecule has 0 bridgehead atoms. The molecule has 0 N–H and O–H groups in total. The van der Waals surface area contributed by atoms with Gasteiger partial charge in [0.1, 0.15) is 12.4 Å². The Morgan fingerprint density at radius 2 is 2.47 bits per heavy atom. The summed E-state index contributed by atoms with van der Waals surface area (Å²) in [5.74, 6) is 1.49. The number of ether oxygens (including phenoxy) is 2. The molecule has 0 saturated heterocycles. The monoisotopic (exact) mass is 258 g/mol. The lowest BCUT2D eigenvalue weighted by molar-refractivity contribution is 0.0816. The molecule has 0 fully saturated rings. The highest BCUT2D eigenvalue weighted by atomic mass is 16.5. The van der Waals surface area contributed by atoms with Crippen molar-refractivity contribution in [2.24, 2.45) is 4.99 Å². The van der Waals surface area contributed by atoms with Crippen molar-refractivity contribution in [3.63, 3.8) is 0 Å². The van der Waals surface area contributed by atoms with Gasteiger partial charge in [-0.3, -0.25) is 4.99 Å². The summed E-state index contributed by atoms with van der Waals surface area (Å²) in [5.41, 5.74) is 1.62. The van der Waals surface area contributed by atoms with Crippen LogP contribution in [0.2, 0.25) is 0 Å². The molecular formula is C13H14N4O2. The number of aliphatic imine (C=N–C) groups is 1. The summed E-state index contributed by atoms with van der Waals surface area (Å²) in [5, 5.41) is 0. The van der Waals surface area contributed by atoms with Crippen LogP contribution in [0.25, 0.3) is 0 Å². The van der Waals surface area contributed by atoms with Gasteiger partial charge in [-0.1, -0.05) is 0 Å². The van der Waals surface area contributed by atoms with E-state index in [0.29, 0.717) is 12.5 Å². The first kappa shape index (κ1) is 11.9. The molecular weight excluding hydrogens is 244 g/mol. The van der Waals surface area contributed by atoms with E-state index in [9.17, 15) is 0 Å². The highest BCUT2D eigenvalue weighted by molar-refractivity contribution is 5.79. The van der Waals surface area contributed by atoms with Gasteiger partial charge in [-0.15, -0.1) is 0 Å². The van der Waals surface area contributed by atoms with Crippen molar-refractivity contribution in [3.05, 3.63) is 36.0 Å². The highest BCUT2D eigenvalue weighted by Crippen LogP contribution is 2.16. The first-order valence-corrected chi connectivity index (χ1v) is 6.03. The molecule has 0 unspecified atom stereocenters. The third-order valence-corrected chi connectivity index (χ3v) is 2.86. The molecule has 6 heteroatoms. The second kappa shape index (κ2) is 5.19. The summed E-state index contributed by atoms with van der Waals surface area (Å²) in [7, 11) is 1.58. The van der Waals surface area contributed by atoms with Crippen molar-refractivity contribution in [2.75, 3.05) is 13.7 Å². The lowest BCUT2D eigenvalue weighted by Gasteiger charge is -2.13. The number of nitrogens with zero attached hydrogens (tertiary/aromatic N) is 4. The highest BCUT2D eigenvalue weighted by Gasteiger charge is 2.11. The SMILES string of the molecule is COc1cc(N=Cc2cn3c(n2)COCC3)ccn1. The van der Waals surface area contributed by atoms with E-state index in [4.69, 9.17) is 9.47 Å². The fourth-order valence-corrected chi connectivity index (χ4v) is 1.91. The van der Waals surface area contributed by atoms with Crippen LogP contribution >= 0.6 is 0 Å². The molecule has 2 aromatic rings. The topological polar surface area (TPSA) is 61.5 Å². The van der Waals surface area contributed by atoms with Crippen LogP contribution in [0.5, 0.6) is 5.88 Å². The van der Waals surface area contributed by atoms with Gasteiger partial charge in [0.15, 0.2) is 0 Å². The van der Waals surface area contributed by atoms with E-state index in [0.717, 1.165) is 30.4 Å². The summed E-state index contributed by atoms with van der Waals surface area (Å²) >= 11 is 0. The van der Waals surface area contributed by atoms with Crippen LogP contribution in [-0.4, -0.2) is 34.5 Å². The third-order valence-electron chi connectivity index (χ3n) is 2.86. The fraction of sp³-hybridized carbons (Fsp3) is 0.308. The van der Waals surface area contributed by atoms with E-state index in [1.165, 1.54) is 0 Å². The van der Waals surface area contributed by atoms with E-state index in [1.807, 2.05) is 12.3 Å². The van der Waals surface area contributed by atoms with Crippen LogP contribution in [-0.2, 0) is 17.9 Å². The number of hydrogen-bond acceptors (Lipinski definition) is 5. The van der Waals surface area contributed by atoms with E-state index in [1.54, 1.807) is 25.6 Å². The number of imidazole rings is 1. The molecule has 0 aromatic carbocycles. The largest absolute Gasteiger partial charge is 0.481 e. The Labute approximate surface area is 110 Å². The van der Waals surface area contributed by atoms with Gasteiger partial charge < -0.3 is 14.0 Å². The van der Waals surface area contributed by atoms with Gasteiger partial charge in [-0.05, 0) is 6.07 Å². The molecule has 0 spiro atoms. The van der Waals surface area contributed by atoms with Gasteiger partial charge in [-0.2, -0.15) is 0 Å². The molecule has 0 atom stereocenters. The predicted octanol–water partition coefficient (Wildman–Crippen LogP) is 1.57. The number of methoxy groups -OCH3 is 1. The summed E-state index contributed by atoms with van der Waals surface area (Å²) in [6.45, 7) is 2.15. The Bertz CT molecular complexity index is 583. The molecule has 0 aliphatic carbocycles. The number of rotatable bonds is 3. The molecule has 19 heavy (non-hydrogen) atoms. The Hall–Kier alpha value is -2.21. The molecule has 3 rings (SSSR count). The Kier molecular flexibility index (Phi) is 3.24. The van der Waals surface area contributed by atoms with Crippen molar-refractivity contribution in [1.82, 2.24) is 14.5 Å². The molecule has 6 nitrogen and oxygen atoms in total. The lowest BCUT2D eigenvalue weighted by Crippen LogP contribution is -2.15. The minimum absolute atomic E-state index is 0.548. The lowest BCUT2D eigenvalue weighted by atomic mass is 10.4. The number of aromatic nitrogens is 3. The molecule has 3 heterocycles. The number of pyridine rings is 1. The van der Waals surface area contributed by atoms with Crippen molar-refractivity contribution in [1.29, 1.82) is 0 Å². The van der Waals surface area contributed by atoms with Gasteiger partial charge in [-0.25, -0.2) is 9.97 Å². The average Bonchev–Trinajstić information content (AvgIpc) is 2.88. The zero-order chi connectivity index (χ0) is 13.1. The molecule has 1 aliphatic rings. The predicted molar refractivity (Wildman–Crippen MR) is 69.9 cm³/mol. The summed E-state index contributed by atoms with van der Waals surface area (Å²) in [6, 6.07) is 3.59. The number of fused-ring (bicyclic) bond motifs is 1. The van der Waals surface area contributed by atoms with Crippen molar-refractivity contribution in [2.45, 2.75) is 13.2 Å². The van der Waals surface area contributed by atoms with Gasteiger partial charge in [0, 0.05) is 25.0 Å². The summed E-state index contributed by atoms with van der Waals surface area (Å²) in [4.78, 5) is 12.9. The summed E-state index contributed by atoms with van der Waals surface area (Å²) < 4.78 is 12.5. The normalized spacial score (nSPS) is 14.6. The first-order chi connectivity index (χ1) is 9.35. The maximum absolute atomic E-state index is 5.35. The molecule has 0 amide bonds. The van der Waals surface area contributed by atoms with Gasteiger partial charge in [0.05, 0.1) is 31.3 Å². The van der Waals surface area contributed by atoms with Gasteiger partial charge >= 0.3 is 0 Å². The maximum atomic E-state index is 5.35. The second-order valence-corrected chi connectivity index (χ2v) is 4.14. The average molecular weight is 258 g/mol. The minimum Gasteiger partial charge on any atom is -0.481 e. The summed E-state index contributed by atoms with van der Waals surface area (Å²) in [6.07, 6.45) is 5.39. The van der Waals surface area contributed by atoms with Crippen molar-refractivity contribution >= 4 is 11.9 Å². The molecule has 2 aromatic heterocycles. The van der Waals surface area contributed by atoms with E-state index in [-0.39, 0.29) is 0 Å². The van der Waals surface area contributed by atoms with Crippen molar-refractivity contribution in [3.8, 4) is 5.88 Å². The standard InChI is InChI=1S/C13H14N4O2/c1-18-13-6-10(2-3-14-13)15-7-11-8-17-4-5-19-9-12(17)16-11/h2-3,6-8H,4-5,9H2,1H3. The minimum atomic E-state index is 0.548. The van der Waals surface area contributed by atoms with Crippen LogP contribution in [0, 0.1) is 0 Å². The van der Waals surface area contributed by atoms with Gasteiger partial charge in [0.25, 0.3) is 0 Å². The molecule has 98 valence electrons. The van der Waals surface area contributed by atoms with Crippen molar-refractivity contribution < 1.29 is 9.47 Å². The Morgan fingerprint density at radius 1 is 1.53 bits per heavy atom. The van der Waals surface area contributed by atoms with Crippen LogP contribution in [0.4, 0.5) is 5.69 Å². The second-order valence-electron chi connectivity index (χ2n) is 4.14. The van der Waals surface area contributed by atoms with Crippen LogP contribution in [0.3, 0.4) is 0 Å². The van der Waals surface area contributed by atoms with Gasteiger partial charge in [0.2, 0.25) is 5.88 Å². The Balaban J connectivity index is 1.80. The Morgan fingerprint density at radius 3 is 3.32 bits per heavy atom. The van der Waals surface area contributed by atoms with Crippen LogP contribution in [0.1, 0.15) is 11.5 Å². The maximum Gasteiger partial charge on any atom is 0.215 e. The zero-order valence-electron chi connectivity index (χ0n) is 10.6. The number of hydrogen-bond donors (Lipinski definition) is 0. The smallest absolute Gasteiger partial charge is 0.215 e. The van der Waals surface area contributed by atoms with E-state index < -0.39 is 0 Å². The van der Waals surface area contributed by atoms with E-state index in [2.05, 4.69) is 19.5 Å².